The van der Waals surface area contributed by atoms with E-state index >= 15 is 0 Å². The predicted octanol–water partition coefficient (Wildman–Crippen LogP) is 4.49. The number of sulfone groups is 1. The Bertz CT molecular complexity index is 1460. The van der Waals surface area contributed by atoms with Crippen molar-refractivity contribution in [2.75, 3.05) is 12.3 Å². The molecule has 218 valence electrons. The topological polar surface area (TPSA) is 105 Å². The lowest BCUT2D eigenvalue weighted by molar-refractivity contribution is 0.0189. The zero-order valence-electron chi connectivity index (χ0n) is 22.9. The smallest absolute Gasteiger partial charge is 0.410 e. The van der Waals surface area contributed by atoms with Crippen LogP contribution in [-0.4, -0.2) is 43.6 Å². The molecule has 4 rings (SSSR count). The molecule has 3 aromatic carbocycles. The minimum absolute atomic E-state index is 0.0540. The highest BCUT2D eigenvalue weighted by molar-refractivity contribution is 7.90. The summed E-state index contributed by atoms with van der Waals surface area (Å²) in [6.07, 6.45) is 7.80. The third-order valence-corrected chi connectivity index (χ3v) is 8.45. The number of amides is 1. The number of benzene rings is 3. The summed E-state index contributed by atoms with van der Waals surface area (Å²) in [4.78, 5) is 12.7. The number of halogens is 2. The number of carbonyl (C=O) groups excluding carboxylic acids is 1. The van der Waals surface area contributed by atoms with Gasteiger partial charge in [-0.05, 0) is 66.3 Å². The molecule has 41 heavy (non-hydrogen) atoms. The van der Waals surface area contributed by atoms with Crippen molar-refractivity contribution in [3.63, 3.8) is 0 Å². The zero-order valence-corrected chi connectivity index (χ0v) is 23.8. The number of fused-ring (bicyclic) bond motifs is 1. The van der Waals surface area contributed by atoms with E-state index in [9.17, 15) is 27.1 Å². The summed E-state index contributed by atoms with van der Waals surface area (Å²) in [5.41, 5.74) is 1.15. The number of carbonyl (C=O) groups is 1. The Morgan fingerprint density at radius 2 is 1.73 bits per heavy atom. The maximum absolute atomic E-state index is 13.9. The van der Waals surface area contributed by atoms with Gasteiger partial charge in [0.15, 0.2) is 9.84 Å². The summed E-state index contributed by atoms with van der Waals surface area (Å²) in [7, 11) is -3.38. The van der Waals surface area contributed by atoms with Gasteiger partial charge in [0.1, 0.15) is 17.4 Å². The first-order valence-corrected chi connectivity index (χ1v) is 14.9. The monoisotopic (exact) mass is 584 g/mol. The van der Waals surface area contributed by atoms with E-state index in [1.807, 2.05) is 25.1 Å². The summed E-state index contributed by atoms with van der Waals surface area (Å²) in [5.74, 6) is -1.50. The molecular formula is C31H34F2N2O5S. The van der Waals surface area contributed by atoms with Crippen LogP contribution in [0.15, 0.2) is 66.7 Å². The van der Waals surface area contributed by atoms with Crippen LogP contribution in [0, 0.1) is 24.5 Å². The largest absolute Gasteiger partial charge is 0.412 e. The first-order chi connectivity index (χ1) is 19.4. The second kappa shape index (κ2) is 13.7. The SMILES string of the molecule is C#C.CCc1ccc2c(c1)[C@@H](NC[C@@](C)(O)[C@H](Cc1cc(F)cc(F)c1)NC(=O)Oc1ccccc1)CS(=O)(=O)C2. The van der Waals surface area contributed by atoms with E-state index in [0.29, 0.717) is 5.56 Å². The Kier molecular flexibility index (Phi) is 10.6. The van der Waals surface area contributed by atoms with E-state index in [1.165, 1.54) is 6.92 Å². The fourth-order valence-corrected chi connectivity index (χ4v) is 6.40. The Hall–Kier alpha value is -3.78. The van der Waals surface area contributed by atoms with Crippen molar-refractivity contribution in [3.8, 4) is 18.6 Å². The Morgan fingerprint density at radius 1 is 1.07 bits per heavy atom. The third-order valence-electron chi connectivity index (χ3n) is 6.86. The molecular weight excluding hydrogens is 550 g/mol. The van der Waals surface area contributed by atoms with E-state index in [0.717, 1.165) is 35.7 Å². The number of hydrogen-bond donors (Lipinski definition) is 3. The minimum Gasteiger partial charge on any atom is -0.410 e. The number of nitrogens with one attached hydrogen (secondary N) is 2. The van der Waals surface area contributed by atoms with Crippen LogP contribution in [0.3, 0.4) is 0 Å². The van der Waals surface area contributed by atoms with Gasteiger partial charge in [-0.2, -0.15) is 0 Å². The molecule has 0 spiro atoms. The van der Waals surface area contributed by atoms with Gasteiger partial charge < -0.3 is 20.5 Å². The lowest BCUT2D eigenvalue weighted by Crippen LogP contribution is -2.58. The van der Waals surface area contributed by atoms with Gasteiger partial charge in [0.25, 0.3) is 0 Å². The molecule has 0 saturated heterocycles. The average Bonchev–Trinajstić information content (AvgIpc) is 2.92. The van der Waals surface area contributed by atoms with Crippen molar-refractivity contribution < 1.29 is 31.8 Å². The molecule has 3 atom stereocenters. The van der Waals surface area contributed by atoms with Crippen LogP contribution in [0.5, 0.6) is 5.75 Å². The summed E-state index contributed by atoms with van der Waals surface area (Å²) in [6.45, 7) is 3.34. The second-order valence-corrected chi connectivity index (χ2v) is 12.2. The highest BCUT2D eigenvalue weighted by atomic mass is 32.2. The molecule has 0 aliphatic carbocycles. The van der Waals surface area contributed by atoms with Gasteiger partial charge in [-0.3, -0.25) is 0 Å². The van der Waals surface area contributed by atoms with Gasteiger partial charge in [0.05, 0.1) is 23.1 Å². The number of aryl methyl sites for hydroxylation is 1. The van der Waals surface area contributed by atoms with Gasteiger partial charge in [0, 0.05) is 18.7 Å². The minimum atomic E-state index is -3.38. The highest BCUT2D eigenvalue weighted by Gasteiger charge is 2.37. The maximum Gasteiger partial charge on any atom is 0.412 e. The van der Waals surface area contributed by atoms with E-state index < -0.39 is 45.2 Å². The highest BCUT2D eigenvalue weighted by Crippen LogP contribution is 2.30. The van der Waals surface area contributed by atoms with Crippen LogP contribution in [0.2, 0.25) is 0 Å². The molecule has 10 heteroatoms. The standard InChI is InChI=1S/C29H32F2N2O5S.C2H2/c1-3-19-9-10-21-16-39(36,37)17-26(25(21)13-19)32-18-29(2,35)27(14-20-11-22(30)15-23(31)12-20)33-28(34)38-24-7-5-4-6-8-24;1-2/h4-13,15,26-27,32,35H,3,14,16-18H2,1-2H3,(H,33,34);1-2H/t26-,27-,29+;/m0./s1. The first kappa shape index (κ1) is 31.7. The summed E-state index contributed by atoms with van der Waals surface area (Å²) < 4.78 is 58.4. The molecule has 1 aliphatic rings. The van der Waals surface area contributed by atoms with Crippen LogP contribution in [-0.2, 0) is 28.4 Å². The summed E-state index contributed by atoms with van der Waals surface area (Å²) in [5, 5.41) is 17.3. The van der Waals surface area contributed by atoms with Crippen LogP contribution >= 0.6 is 0 Å². The lowest BCUT2D eigenvalue weighted by Gasteiger charge is -2.36. The molecule has 0 unspecified atom stereocenters. The quantitative estimate of drug-likeness (QED) is 0.321. The van der Waals surface area contributed by atoms with E-state index in [2.05, 4.69) is 23.5 Å². The molecule has 3 N–H and O–H groups in total. The number of hydrogen-bond acceptors (Lipinski definition) is 6. The number of aliphatic hydroxyl groups is 1. The first-order valence-electron chi connectivity index (χ1n) is 13.0. The van der Waals surface area contributed by atoms with Crippen molar-refractivity contribution in [2.24, 2.45) is 0 Å². The van der Waals surface area contributed by atoms with Crippen molar-refractivity contribution >= 4 is 15.9 Å². The van der Waals surface area contributed by atoms with Crippen LogP contribution < -0.4 is 15.4 Å². The molecule has 7 nitrogen and oxygen atoms in total. The second-order valence-electron chi connectivity index (χ2n) is 10.1. The molecule has 0 saturated carbocycles. The molecule has 1 aliphatic heterocycles. The van der Waals surface area contributed by atoms with Gasteiger partial charge in [-0.15, -0.1) is 12.8 Å². The van der Waals surface area contributed by atoms with Crippen LogP contribution in [0.25, 0.3) is 0 Å². The Balaban J connectivity index is 0.00000226. The molecule has 3 aromatic rings. The van der Waals surface area contributed by atoms with E-state index in [1.54, 1.807) is 30.3 Å². The molecule has 1 heterocycles. The van der Waals surface area contributed by atoms with Gasteiger partial charge in [-0.1, -0.05) is 43.3 Å². The number of ether oxygens (including phenoxy) is 1. The number of rotatable bonds is 9. The van der Waals surface area contributed by atoms with Gasteiger partial charge >= 0.3 is 6.09 Å². The van der Waals surface area contributed by atoms with Crippen molar-refractivity contribution in [2.45, 2.75) is 50.1 Å². The van der Waals surface area contributed by atoms with E-state index in [4.69, 9.17) is 4.74 Å². The number of para-hydroxylation sites is 1. The summed E-state index contributed by atoms with van der Waals surface area (Å²) >= 11 is 0. The van der Waals surface area contributed by atoms with Gasteiger partial charge in [-0.25, -0.2) is 22.0 Å². The van der Waals surface area contributed by atoms with Crippen molar-refractivity contribution in [3.05, 3.63) is 101 Å². The number of terminal acetylenes is 1. The third kappa shape index (κ3) is 8.85. The maximum atomic E-state index is 13.9. The molecule has 0 fully saturated rings. The molecule has 0 aromatic heterocycles. The van der Waals surface area contributed by atoms with Gasteiger partial charge in [0.2, 0.25) is 0 Å². The molecule has 0 radical (unpaired) electrons. The zero-order chi connectivity index (χ0) is 30.2. The average molecular weight is 585 g/mol. The molecule has 1 amide bonds. The predicted molar refractivity (Wildman–Crippen MR) is 154 cm³/mol. The van der Waals surface area contributed by atoms with Crippen LogP contribution in [0.4, 0.5) is 13.6 Å². The Morgan fingerprint density at radius 3 is 2.37 bits per heavy atom. The van der Waals surface area contributed by atoms with Crippen LogP contribution in [0.1, 0.15) is 42.1 Å². The summed E-state index contributed by atoms with van der Waals surface area (Å²) in [6, 6.07) is 15.4. The fraction of sp³-hybridized carbons (Fsp3) is 0.323. The van der Waals surface area contributed by atoms with Crippen molar-refractivity contribution in [1.82, 2.24) is 10.6 Å². The Labute approximate surface area is 239 Å². The lowest BCUT2D eigenvalue weighted by atomic mass is 9.89. The van der Waals surface area contributed by atoms with Crippen molar-refractivity contribution in [1.29, 1.82) is 0 Å². The fourth-order valence-electron chi connectivity index (χ4n) is 4.74. The normalized spacial score (nSPS) is 17.6. The van der Waals surface area contributed by atoms with E-state index in [-0.39, 0.29) is 35.8 Å². The molecule has 0 bridgehead atoms.